The first-order chi connectivity index (χ1) is 11.0. The van der Waals surface area contributed by atoms with E-state index >= 15 is 0 Å². The lowest BCUT2D eigenvalue weighted by Crippen LogP contribution is -2.39. The molecule has 2 amide bonds. The molecule has 0 atom stereocenters. The number of hydrogen-bond donors (Lipinski definition) is 0. The molecule has 0 saturated carbocycles. The number of nitro benzene ring substituents is 1. The van der Waals surface area contributed by atoms with Crippen molar-refractivity contribution >= 4 is 23.2 Å². The van der Waals surface area contributed by atoms with Crippen molar-refractivity contribution in [3.63, 3.8) is 0 Å². The first-order valence-electron chi connectivity index (χ1n) is 6.90. The highest BCUT2D eigenvalue weighted by Gasteiger charge is 2.35. The summed E-state index contributed by atoms with van der Waals surface area (Å²) in [5.41, 5.74) is 1.46. The van der Waals surface area contributed by atoms with Crippen molar-refractivity contribution in [2.45, 2.75) is 0 Å². The van der Waals surface area contributed by atoms with Crippen LogP contribution in [0.15, 0.2) is 48.5 Å². The number of hydrogen-bond acceptors (Lipinski definition) is 5. The zero-order chi connectivity index (χ0) is 16.6. The Morgan fingerprint density at radius 3 is 2.00 bits per heavy atom. The van der Waals surface area contributed by atoms with E-state index in [0.29, 0.717) is 16.8 Å². The lowest BCUT2D eigenvalue weighted by Gasteiger charge is -2.24. The second-order valence-electron chi connectivity index (χ2n) is 5.20. The van der Waals surface area contributed by atoms with Crippen molar-refractivity contribution in [1.29, 1.82) is 0 Å². The Morgan fingerprint density at radius 2 is 1.52 bits per heavy atom. The Labute approximate surface area is 131 Å². The summed E-state index contributed by atoms with van der Waals surface area (Å²) in [4.78, 5) is 37.6. The molecule has 0 aromatic heterocycles. The number of fused-ring (bicyclic) bond motifs is 1. The van der Waals surface area contributed by atoms with Gasteiger partial charge in [-0.1, -0.05) is 12.1 Å². The zero-order valence-corrected chi connectivity index (χ0v) is 12.3. The standard InChI is InChI=1S/C16H13N3O4/c1-17(11-6-8-12(9-7-11)19(22)23)10-18-15(20)13-4-2-3-5-14(13)16(18)21/h2-9H,10H2,1H3. The van der Waals surface area contributed by atoms with Crippen molar-refractivity contribution in [3.8, 4) is 0 Å². The average molecular weight is 311 g/mol. The van der Waals surface area contributed by atoms with Crippen LogP contribution in [0.1, 0.15) is 20.7 Å². The van der Waals surface area contributed by atoms with Gasteiger partial charge in [0.25, 0.3) is 17.5 Å². The molecular formula is C16H13N3O4. The summed E-state index contributed by atoms with van der Waals surface area (Å²) in [6.45, 7) is 0.0736. The largest absolute Gasteiger partial charge is 0.356 e. The van der Waals surface area contributed by atoms with Gasteiger partial charge >= 0.3 is 0 Å². The highest BCUT2D eigenvalue weighted by atomic mass is 16.6. The molecule has 0 bridgehead atoms. The van der Waals surface area contributed by atoms with Gasteiger partial charge in [-0.15, -0.1) is 0 Å². The molecule has 1 aliphatic rings. The first kappa shape index (κ1) is 14.7. The summed E-state index contributed by atoms with van der Waals surface area (Å²) in [6, 6.07) is 12.6. The maximum absolute atomic E-state index is 12.3. The maximum atomic E-state index is 12.3. The fraction of sp³-hybridized carbons (Fsp3) is 0.125. The normalized spacial score (nSPS) is 13.2. The summed E-state index contributed by atoms with van der Waals surface area (Å²) in [5, 5.41) is 10.7. The number of carbonyl (C=O) groups excluding carboxylic acids is 2. The molecule has 0 spiro atoms. The molecular weight excluding hydrogens is 298 g/mol. The van der Waals surface area contributed by atoms with Crippen LogP contribution in [0.3, 0.4) is 0 Å². The predicted octanol–water partition coefficient (Wildman–Crippen LogP) is 2.28. The summed E-state index contributed by atoms with van der Waals surface area (Å²) < 4.78 is 0. The number of non-ortho nitro benzene ring substituents is 1. The molecule has 0 radical (unpaired) electrons. The Bertz CT molecular complexity index is 766. The van der Waals surface area contributed by atoms with Crippen molar-refractivity contribution in [3.05, 3.63) is 69.8 Å². The molecule has 2 aromatic carbocycles. The highest BCUT2D eigenvalue weighted by molar-refractivity contribution is 6.21. The van der Waals surface area contributed by atoms with E-state index in [-0.39, 0.29) is 24.2 Å². The van der Waals surface area contributed by atoms with E-state index in [4.69, 9.17) is 0 Å². The highest BCUT2D eigenvalue weighted by Crippen LogP contribution is 2.24. The summed E-state index contributed by atoms with van der Waals surface area (Å²) in [5.74, 6) is -0.668. The molecule has 0 fully saturated rings. The van der Waals surface area contributed by atoms with Gasteiger partial charge in [-0.2, -0.15) is 0 Å². The monoisotopic (exact) mass is 311 g/mol. The smallest absolute Gasteiger partial charge is 0.269 e. The number of benzene rings is 2. The molecule has 0 N–H and O–H groups in total. The third-order valence-corrected chi connectivity index (χ3v) is 3.73. The molecule has 116 valence electrons. The van der Waals surface area contributed by atoms with Gasteiger partial charge in [0.2, 0.25) is 0 Å². The van der Waals surface area contributed by atoms with Crippen molar-refractivity contribution < 1.29 is 14.5 Å². The van der Waals surface area contributed by atoms with Crippen molar-refractivity contribution in [1.82, 2.24) is 4.90 Å². The van der Waals surface area contributed by atoms with Crippen LogP contribution in [0.4, 0.5) is 11.4 Å². The molecule has 0 aliphatic carbocycles. The minimum Gasteiger partial charge on any atom is -0.356 e. The molecule has 7 nitrogen and oxygen atoms in total. The summed E-state index contributed by atoms with van der Waals surface area (Å²) in [6.07, 6.45) is 0. The van der Waals surface area contributed by atoms with E-state index in [1.54, 1.807) is 48.3 Å². The van der Waals surface area contributed by atoms with Crippen LogP contribution >= 0.6 is 0 Å². The van der Waals surface area contributed by atoms with Gasteiger partial charge in [-0.3, -0.25) is 24.6 Å². The Morgan fingerprint density at radius 1 is 1.00 bits per heavy atom. The third-order valence-electron chi connectivity index (χ3n) is 3.73. The van der Waals surface area contributed by atoms with Gasteiger partial charge in [-0.25, -0.2) is 0 Å². The fourth-order valence-electron chi connectivity index (χ4n) is 2.49. The van der Waals surface area contributed by atoms with Gasteiger partial charge in [0, 0.05) is 24.9 Å². The van der Waals surface area contributed by atoms with Crippen LogP contribution in [0.25, 0.3) is 0 Å². The topological polar surface area (TPSA) is 83.8 Å². The van der Waals surface area contributed by atoms with E-state index in [0.717, 1.165) is 4.90 Å². The minimum atomic E-state index is -0.478. The number of nitro groups is 1. The van der Waals surface area contributed by atoms with Crippen LogP contribution in [0.5, 0.6) is 0 Å². The predicted molar refractivity (Wildman–Crippen MR) is 83.3 cm³/mol. The molecule has 3 rings (SSSR count). The molecule has 1 heterocycles. The molecule has 2 aromatic rings. The molecule has 23 heavy (non-hydrogen) atoms. The van der Waals surface area contributed by atoms with E-state index < -0.39 is 4.92 Å². The van der Waals surface area contributed by atoms with Crippen molar-refractivity contribution in [2.24, 2.45) is 0 Å². The van der Waals surface area contributed by atoms with Gasteiger partial charge < -0.3 is 4.90 Å². The molecule has 0 saturated heterocycles. The van der Waals surface area contributed by atoms with Crippen LogP contribution in [0, 0.1) is 10.1 Å². The number of amides is 2. The number of imide groups is 1. The van der Waals surface area contributed by atoms with Gasteiger partial charge in [0.05, 0.1) is 16.1 Å². The van der Waals surface area contributed by atoms with E-state index in [9.17, 15) is 19.7 Å². The molecule has 0 unspecified atom stereocenters. The second-order valence-corrected chi connectivity index (χ2v) is 5.20. The fourth-order valence-corrected chi connectivity index (χ4v) is 2.49. The van der Waals surface area contributed by atoms with E-state index in [1.807, 2.05) is 0 Å². The molecule has 7 heteroatoms. The molecule has 1 aliphatic heterocycles. The number of carbonyl (C=O) groups is 2. The van der Waals surface area contributed by atoms with Gasteiger partial charge in [0.15, 0.2) is 0 Å². The number of anilines is 1. The maximum Gasteiger partial charge on any atom is 0.269 e. The van der Waals surface area contributed by atoms with Crippen LogP contribution < -0.4 is 4.90 Å². The van der Waals surface area contributed by atoms with Gasteiger partial charge in [0.1, 0.15) is 6.67 Å². The van der Waals surface area contributed by atoms with Crippen LogP contribution in [-0.4, -0.2) is 35.4 Å². The SMILES string of the molecule is CN(CN1C(=O)c2ccccc2C1=O)c1ccc([N+](=O)[O-])cc1. The average Bonchev–Trinajstić information content (AvgIpc) is 2.80. The van der Waals surface area contributed by atoms with E-state index in [2.05, 4.69) is 0 Å². The number of nitrogens with zero attached hydrogens (tertiary/aromatic N) is 3. The minimum absolute atomic E-state index is 0.0112. The van der Waals surface area contributed by atoms with E-state index in [1.165, 1.54) is 12.1 Å². The summed E-state index contributed by atoms with van der Waals surface area (Å²) >= 11 is 0. The lowest BCUT2D eigenvalue weighted by molar-refractivity contribution is -0.384. The zero-order valence-electron chi connectivity index (χ0n) is 12.3. The Hall–Kier alpha value is -3.22. The van der Waals surface area contributed by atoms with Crippen LogP contribution in [0.2, 0.25) is 0 Å². The quantitative estimate of drug-likeness (QED) is 0.491. The Kier molecular flexibility index (Phi) is 3.53. The summed E-state index contributed by atoms with van der Waals surface area (Å²) in [7, 11) is 1.71. The third kappa shape index (κ3) is 2.52. The van der Waals surface area contributed by atoms with Crippen LogP contribution in [-0.2, 0) is 0 Å². The second kappa shape index (κ2) is 5.53. The first-order valence-corrected chi connectivity index (χ1v) is 6.90. The van der Waals surface area contributed by atoms with Crippen molar-refractivity contribution in [2.75, 3.05) is 18.6 Å². The number of rotatable bonds is 4. The Balaban J connectivity index is 1.79. The van der Waals surface area contributed by atoms with Gasteiger partial charge in [-0.05, 0) is 24.3 Å². The lowest BCUT2D eigenvalue weighted by atomic mass is 10.1.